The topological polar surface area (TPSA) is 29.5 Å². The van der Waals surface area contributed by atoms with Gasteiger partial charge in [-0.2, -0.15) is 13.2 Å². The van der Waals surface area contributed by atoms with Gasteiger partial charge in [-0.3, -0.25) is 0 Å². The number of alkyl halides is 3. The molecule has 0 heterocycles. The summed E-state index contributed by atoms with van der Waals surface area (Å²) in [6, 6.07) is 4.74. The summed E-state index contributed by atoms with van der Waals surface area (Å²) in [6.07, 6.45) is -2.33. The molecule has 1 saturated carbocycles. The van der Waals surface area contributed by atoms with Crippen LogP contribution in [0.1, 0.15) is 43.4 Å². The summed E-state index contributed by atoms with van der Waals surface area (Å²) in [7, 11) is 0. The molecule has 1 aliphatic rings. The van der Waals surface area contributed by atoms with E-state index in [1.165, 1.54) is 12.1 Å². The van der Waals surface area contributed by atoms with Gasteiger partial charge >= 0.3 is 6.18 Å². The van der Waals surface area contributed by atoms with Crippen LogP contribution in [0, 0.1) is 5.92 Å². The average Bonchev–Trinajstić information content (AvgIpc) is 2.35. The summed E-state index contributed by atoms with van der Waals surface area (Å²) in [5.74, 6) is 0.392. The van der Waals surface area contributed by atoms with Gasteiger partial charge in [0, 0.05) is 6.61 Å². The third kappa shape index (κ3) is 3.73. The number of ether oxygens (including phenoxy) is 1. The van der Waals surface area contributed by atoms with Gasteiger partial charge in [-0.15, -0.1) is 0 Å². The zero-order valence-electron chi connectivity index (χ0n) is 11.4. The van der Waals surface area contributed by atoms with E-state index in [9.17, 15) is 18.3 Å². The van der Waals surface area contributed by atoms with Gasteiger partial charge in [-0.1, -0.05) is 12.1 Å². The van der Waals surface area contributed by atoms with Crippen LogP contribution in [0.4, 0.5) is 13.2 Å². The Labute approximate surface area is 116 Å². The molecule has 20 heavy (non-hydrogen) atoms. The lowest BCUT2D eigenvalue weighted by Gasteiger charge is -2.36. The van der Waals surface area contributed by atoms with E-state index in [1.54, 1.807) is 0 Å². The first-order valence-electron chi connectivity index (χ1n) is 6.87. The van der Waals surface area contributed by atoms with E-state index in [2.05, 4.69) is 0 Å². The van der Waals surface area contributed by atoms with Gasteiger partial charge in [-0.05, 0) is 49.8 Å². The number of hydrogen-bond donors (Lipinski definition) is 1. The molecule has 5 heteroatoms. The van der Waals surface area contributed by atoms with Gasteiger partial charge in [0.05, 0.1) is 17.8 Å². The minimum atomic E-state index is -4.33. The summed E-state index contributed by atoms with van der Waals surface area (Å²) in [6.45, 7) is 2.64. The highest BCUT2D eigenvalue weighted by molar-refractivity contribution is 5.26. The maximum atomic E-state index is 12.4. The molecule has 0 amide bonds. The quantitative estimate of drug-likeness (QED) is 0.889. The van der Waals surface area contributed by atoms with E-state index < -0.39 is 17.8 Å². The van der Waals surface area contributed by atoms with Gasteiger partial charge in [-0.25, -0.2) is 0 Å². The largest absolute Gasteiger partial charge is 0.416 e. The minimum absolute atomic E-state index is 0.282. The summed E-state index contributed by atoms with van der Waals surface area (Å²) < 4.78 is 42.7. The monoisotopic (exact) mass is 288 g/mol. The van der Waals surface area contributed by atoms with Crippen LogP contribution >= 0.6 is 0 Å². The lowest BCUT2D eigenvalue weighted by molar-refractivity contribution is -0.137. The standard InChI is InChI=1S/C15H19F3O2/c1-2-20-13-7-10(8-13)9-14(19)11-3-5-12(6-4-11)15(16,17)18/h3-6,10,13-14,19H,2,7-9H2,1H3. The average molecular weight is 288 g/mol. The molecule has 0 saturated heterocycles. The third-order valence-electron chi connectivity index (χ3n) is 3.77. The first kappa shape index (κ1) is 15.3. The first-order valence-corrected chi connectivity index (χ1v) is 6.87. The third-order valence-corrected chi connectivity index (χ3v) is 3.77. The molecule has 0 aliphatic heterocycles. The van der Waals surface area contributed by atoms with Crippen molar-refractivity contribution in [3.63, 3.8) is 0 Å². The van der Waals surface area contributed by atoms with Crippen molar-refractivity contribution in [1.82, 2.24) is 0 Å². The Morgan fingerprint density at radius 3 is 2.35 bits per heavy atom. The number of benzene rings is 1. The van der Waals surface area contributed by atoms with Crippen LogP contribution in [-0.2, 0) is 10.9 Å². The molecular formula is C15H19F3O2. The van der Waals surface area contributed by atoms with Gasteiger partial charge in [0.2, 0.25) is 0 Å². The molecule has 1 fully saturated rings. The highest BCUT2D eigenvalue weighted by Gasteiger charge is 2.32. The predicted molar refractivity (Wildman–Crippen MR) is 69.2 cm³/mol. The molecule has 1 aromatic carbocycles. The number of rotatable bonds is 5. The van der Waals surface area contributed by atoms with Crippen LogP contribution in [0.5, 0.6) is 0 Å². The summed E-state index contributed by atoms with van der Waals surface area (Å²) in [5, 5.41) is 10.0. The molecule has 0 spiro atoms. The van der Waals surface area contributed by atoms with Crippen molar-refractivity contribution in [1.29, 1.82) is 0 Å². The second kappa shape index (κ2) is 6.14. The Balaban J connectivity index is 1.86. The second-order valence-electron chi connectivity index (χ2n) is 5.29. The predicted octanol–water partition coefficient (Wildman–Crippen LogP) is 3.94. The number of hydrogen-bond acceptors (Lipinski definition) is 2. The SMILES string of the molecule is CCOC1CC(CC(O)c2ccc(C(F)(F)F)cc2)C1. The summed E-state index contributed by atoms with van der Waals surface area (Å²) in [5.41, 5.74) is -0.147. The Morgan fingerprint density at radius 2 is 1.85 bits per heavy atom. The van der Waals surface area contributed by atoms with E-state index in [-0.39, 0.29) is 6.10 Å². The first-order chi connectivity index (χ1) is 9.40. The normalized spacial score (nSPS) is 24.2. The number of aliphatic hydroxyl groups is 1. The zero-order chi connectivity index (χ0) is 14.8. The van der Waals surface area contributed by atoms with Crippen LogP contribution in [-0.4, -0.2) is 17.8 Å². The van der Waals surface area contributed by atoms with E-state index in [1.807, 2.05) is 6.92 Å². The molecule has 0 radical (unpaired) electrons. The van der Waals surface area contributed by atoms with Gasteiger partial charge < -0.3 is 9.84 Å². The van der Waals surface area contributed by atoms with Crippen molar-refractivity contribution < 1.29 is 23.0 Å². The van der Waals surface area contributed by atoms with Crippen molar-refractivity contribution >= 4 is 0 Å². The summed E-state index contributed by atoms with van der Waals surface area (Å²) in [4.78, 5) is 0. The Morgan fingerprint density at radius 1 is 1.25 bits per heavy atom. The van der Waals surface area contributed by atoms with Gasteiger partial charge in [0.15, 0.2) is 0 Å². The highest BCUT2D eigenvalue weighted by Crippen LogP contribution is 2.37. The second-order valence-corrected chi connectivity index (χ2v) is 5.29. The zero-order valence-corrected chi connectivity index (χ0v) is 11.4. The maximum Gasteiger partial charge on any atom is 0.416 e. The smallest absolute Gasteiger partial charge is 0.388 e. The molecule has 2 rings (SSSR count). The molecule has 2 nitrogen and oxygen atoms in total. The molecule has 1 aromatic rings. The fourth-order valence-corrected chi connectivity index (χ4v) is 2.58. The van der Waals surface area contributed by atoms with Gasteiger partial charge in [0.25, 0.3) is 0 Å². The van der Waals surface area contributed by atoms with E-state index in [0.29, 0.717) is 24.5 Å². The van der Waals surface area contributed by atoms with Gasteiger partial charge in [0.1, 0.15) is 0 Å². The van der Waals surface area contributed by atoms with Crippen LogP contribution in [0.25, 0.3) is 0 Å². The maximum absolute atomic E-state index is 12.4. The molecule has 1 unspecified atom stereocenters. The molecular weight excluding hydrogens is 269 g/mol. The lowest BCUT2D eigenvalue weighted by Crippen LogP contribution is -2.32. The fraction of sp³-hybridized carbons (Fsp3) is 0.600. The molecule has 1 atom stereocenters. The van der Waals surface area contributed by atoms with E-state index >= 15 is 0 Å². The van der Waals surface area contributed by atoms with Crippen molar-refractivity contribution in [3.05, 3.63) is 35.4 Å². The highest BCUT2D eigenvalue weighted by atomic mass is 19.4. The van der Waals surface area contributed by atoms with Crippen molar-refractivity contribution in [2.75, 3.05) is 6.61 Å². The van der Waals surface area contributed by atoms with E-state index in [0.717, 1.165) is 25.0 Å². The van der Waals surface area contributed by atoms with Crippen molar-refractivity contribution in [2.24, 2.45) is 5.92 Å². The van der Waals surface area contributed by atoms with E-state index in [4.69, 9.17) is 4.74 Å². The molecule has 112 valence electrons. The Kier molecular flexibility index (Phi) is 4.70. The summed E-state index contributed by atoms with van der Waals surface area (Å²) >= 11 is 0. The number of aliphatic hydroxyl groups excluding tert-OH is 1. The number of halogens is 3. The molecule has 0 aromatic heterocycles. The fourth-order valence-electron chi connectivity index (χ4n) is 2.58. The lowest BCUT2D eigenvalue weighted by atomic mass is 9.78. The van der Waals surface area contributed by atoms with Crippen molar-refractivity contribution in [2.45, 2.75) is 44.6 Å². The van der Waals surface area contributed by atoms with Crippen LogP contribution < -0.4 is 0 Å². The van der Waals surface area contributed by atoms with Crippen LogP contribution in [0.15, 0.2) is 24.3 Å². The van der Waals surface area contributed by atoms with Crippen LogP contribution in [0.2, 0.25) is 0 Å². The minimum Gasteiger partial charge on any atom is -0.388 e. The molecule has 0 bridgehead atoms. The molecule has 1 N–H and O–H groups in total. The van der Waals surface area contributed by atoms with Crippen molar-refractivity contribution in [3.8, 4) is 0 Å². The Bertz CT molecular complexity index is 422. The molecule has 1 aliphatic carbocycles. The van der Waals surface area contributed by atoms with Crippen LogP contribution in [0.3, 0.4) is 0 Å². The Hall–Kier alpha value is -1.07.